The van der Waals surface area contributed by atoms with E-state index in [4.69, 9.17) is 5.21 Å². The fraction of sp³-hybridized carbons (Fsp3) is 0.292. The number of hydrogen-bond donors (Lipinski definition) is 4. The van der Waals surface area contributed by atoms with Gasteiger partial charge in [-0.05, 0) is 61.7 Å². The summed E-state index contributed by atoms with van der Waals surface area (Å²) in [5, 5.41) is 16.3. The molecule has 0 spiro atoms. The fourth-order valence-electron chi connectivity index (χ4n) is 4.26. The van der Waals surface area contributed by atoms with Crippen LogP contribution in [-0.4, -0.2) is 28.0 Å². The topological polar surface area (TPSA) is 103 Å². The summed E-state index contributed by atoms with van der Waals surface area (Å²) in [4.78, 5) is 28.9. The molecule has 2 aromatic carbocycles. The van der Waals surface area contributed by atoms with Crippen molar-refractivity contribution in [3.63, 3.8) is 0 Å². The molecule has 1 fully saturated rings. The highest BCUT2D eigenvalue weighted by Gasteiger charge is 2.34. The SMILES string of the molecule is Cc1cc(CNc2ccc(C(=O)N[C@H]3CCC[C@H]3C(=O)NO)cc2)c2ccccc2n1. The molecule has 1 aromatic heterocycles. The Kier molecular flexibility index (Phi) is 6.13. The van der Waals surface area contributed by atoms with Gasteiger partial charge in [0.25, 0.3) is 5.91 Å². The molecule has 3 aromatic rings. The lowest BCUT2D eigenvalue weighted by molar-refractivity contribution is -0.133. The van der Waals surface area contributed by atoms with Gasteiger partial charge in [0.05, 0.1) is 11.4 Å². The van der Waals surface area contributed by atoms with Crippen molar-refractivity contribution in [1.82, 2.24) is 15.8 Å². The van der Waals surface area contributed by atoms with E-state index in [1.807, 2.05) is 37.3 Å². The third-order valence-corrected chi connectivity index (χ3v) is 5.84. The number of para-hydroxylation sites is 1. The maximum Gasteiger partial charge on any atom is 0.251 e. The van der Waals surface area contributed by atoms with Crippen LogP contribution in [0.5, 0.6) is 0 Å². The second kappa shape index (κ2) is 9.14. The van der Waals surface area contributed by atoms with Gasteiger partial charge in [-0.1, -0.05) is 24.6 Å². The summed E-state index contributed by atoms with van der Waals surface area (Å²) >= 11 is 0. The molecule has 1 aliphatic carbocycles. The minimum Gasteiger partial charge on any atom is -0.381 e. The summed E-state index contributed by atoms with van der Waals surface area (Å²) in [6.45, 7) is 2.64. The number of anilines is 1. The molecule has 160 valence electrons. The molecule has 7 nitrogen and oxygen atoms in total. The van der Waals surface area contributed by atoms with Crippen LogP contribution in [0.1, 0.15) is 40.9 Å². The lowest BCUT2D eigenvalue weighted by Gasteiger charge is -2.19. The third-order valence-electron chi connectivity index (χ3n) is 5.84. The number of carbonyl (C=O) groups is 2. The number of hydroxylamine groups is 1. The normalized spacial score (nSPS) is 18.0. The number of fused-ring (bicyclic) bond motifs is 1. The molecule has 4 N–H and O–H groups in total. The molecular formula is C24H26N4O3. The van der Waals surface area contributed by atoms with E-state index in [9.17, 15) is 9.59 Å². The molecule has 31 heavy (non-hydrogen) atoms. The number of carbonyl (C=O) groups excluding carboxylic acids is 2. The zero-order chi connectivity index (χ0) is 21.8. The van der Waals surface area contributed by atoms with Crippen LogP contribution in [0.15, 0.2) is 54.6 Å². The van der Waals surface area contributed by atoms with Crippen molar-refractivity contribution in [2.24, 2.45) is 5.92 Å². The molecule has 1 aliphatic rings. The molecule has 0 bridgehead atoms. The van der Waals surface area contributed by atoms with Gasteiger partial charge >= 0.3 is 0 Å². The van der Waals surface area contributed by atoms with E-state index in [0.29, 0.717) is 18.5 Å². The van der Waals surface area contributed by atoms with E-state index >= 15 is 0 Å². The van der Waals surface area contributed by atoms with Crippen LogP contribution in [0.3, 0.4) is 0 Å². The zero-order valence-electron chi connectivity index (χ0n) is 17.4. The van der Waals surface area contributed by atoms with E-state index in [1.165, 1.54) is 5.56 Å². The number of aryl methyl sites for hydroxylation is 1. The number of amides is 2. The van der Waals surface area contributed by atoms with E-state index in [2.05, 4.69) is 27.8 Å². The van der Waals surface area contributed by atoms with Crippen molar-refractivity contribution < 1.29 is 14.8 Å². The van der Waals surface area contributed by atoms with Crippen LogP contribution >= 0.6 is 0 Å². The molecular weight excluding hydrogens is 392 g/mol. The minimum atomic E-state index is -0.443. The molecule has 4 rings (SSSR count). The maximum absolute atomic E-state index is 12.6. The first kappa shape index (κ1) is 20.8. The van der Waals surface area contributed by atoms with E-state index in [1.54, 1.807) is 17.6 Å². The summed E-state index contributed by atoms with van der Waals surface area (Å²) in [5.74, 6) is -1.06. The monoisotopic (exact) mass is 418 g/mol. The van der Waals surface area contributed by atoms with Gasteiger partial charge < -0.3 is 10.6 Å². The van der Waals surface area contributed by atoms with Crippen molar-refractivity contribution in [3.8, 4) is 0 Å². The molecule has 0 aliphatic heterocycles. The van der Waals surface area contributed by atoms with Crippen LogP contribution in [0.4, 0.5) is 5.69 Å². The standard InChI is InChI=1S/C24H26N4O3/c1-15-13-17(19-5-2-3-7-21(19)26-15)14-25-18-11-9-16(10-12-18)23(29)27-22-8-4-6-20(22)24(30)28-31/h2-3,5,7,9-13,20,22,25,31H,4,6,8,14H2,1H3,(H,27,29)(H,28,30)/t20-,22+/m1/s1. The first-order valence-corrected chi connectivity index (χ1v) is 10.5. The first-order valence-electron chi connectivity index (χ1n) is 10.5. The highest BCUT2D eigenvalue weighted by atomic mass is 16.5. The highest BCUT2D eigenvalue weighted by molar-refractivity contribution is 5.95. The second-order valence-corrected chi connectivity index (χ2v) is 7.96. The largest absolute Gasteiger partial charge is 0.381 e. The van der Waals surface area contributed by atoms with Crippen LogP contribution in [-0.2, 0) is 11.3 Å². The van der Waals surface area contributed by atoms with Crippen molar-refractivity contribution in [3.05, 3.63) is 71.4 Å². The summed E-state index contributed by atoms with van der Waals surface area (Å²) in [7, 11) is 0. The van der Waals surface area contributed by atoms with E-state index < -0.39 is 11.8 Å². The Hall–Kier alpha value is -3.45. The number of hydrogen-bond acceptors (Lipinski definition) is 5. The van der Waals surface area contributed by atoms with Crippen LogP contribution in [0.25, 0.3) is 10.9 Å². The van der Waals surface area contributed by atoms with Gasteiger partial charge in [0.15, 0.2) is 0 Å². The maximum atomic E-state index is 12.6. The minimum absolute atomic E-state index is 0.218. The highest BCUT2D eigenvalue weighted by Crippen LogP contribution is 2.26. The predicted molar refractivity (Wildman–Crippen MR) is 119 cm³/mol. The quantitative estimate of drug-likeness (QED) is 0.362. The number of benzene rings is 2. The number of aromatic nitrogens is 1. The zero-order valence-corrected chi connectivity index (χ0v) is 17.4. The summed E-state index contributed by atoms with van der Waals surface area (Å²) < 4.78 is 0. The van der Waals surface area contributed by atoms with Gasteiger partial charge in [-0.25, -0.2) is 5.48 Å². The first-order chi connectivity index (χ1) is 15.0. The van der Waals surface area contributed by atoms with Crippen LogP contribution < -0.4 is 16.1 Å². The average molecular weight is 418 g/mol. The Balaban J connectivity index is 1.40. The number of nitrogens with one attached hydrogen (secondary N) is 3. The van der Waals surface area contributed by atoms with Gasteiger partial charge in [-0.3, -0.25) is 19.8 Å². The van der Waals surface area contributed by atoms with Crippen molar-refractivity contribution in [2.75, 3.05) is 5.32 Å². The van der Waals surface area contributed by atoms with E-state index in [0.717, 1.165) is 35.1 Å². The van der Waals surface area contributed by atoms with Crippen molar-refractivity contribution in [2.45, 2.75) is 38.8 Å². The fourth-order valence-corrected chi connectivity index (χ4v) is 4.26. The van der Waals surface area contributed by atoms with Gasteiger partial charge in [0.2, 0.25) is 5.91 Å². The van der Waals surface area contributed by atoms with Crippen LogP contribution in [0, 0.1) is 12.8 Å². The Morgan fingerprint density at radius 2 is 1.87 bits per heavy atom. The Labute approximate surface area is 180 Å². The summed E-state index contributed by atoms with van der Waals surface area (Å²) in [6, 6.07) is 17.2. The van der Waals surface area contributed by atoms with Gasteiger partial charge in [0.1, 0.15) is 0 Å². The Morgan fingerprint density at radius 3 is 2.65 bits per heavy atom. The Bertz CT molecular complexity index is 1100. The van der Waals surface area contributed by atoms with Gasteiger partial charge in [-0.15, -0.1) is 0 Å². The van der Waals surface area contributed by atoms with Gasteiger partial charge in [-0.2, -0.15) is 0 Å². The molecule has 0 radical (unpaired) electrons. The molecule has 1 saturated carbocycles. The smallest absolute Gasteiger partial charge is 0.251 e. The molecule has 7 heteroatoms. The third kappa shape index (κ3) is 4.67. The summed E-state index contributed by atoms with van der Waals surface area (Å²) in [6.07, 6.45) is 2.22. The molecule has 2 amide bonds. The van der Waals surface area contributed by atoms with Crippen molar-refractivity contribution >= 4 is 28.4 Å². The average Bonchev–Trinajstić information content (AvgIpc) is 3.25. The molecule has 1 heterocycles. The predicted octanol–water partition coefficient (Wildman–Crippen LogP) is 3.56. The summed E-state index contributed by atoms with van der Waals surface area (Å²) in [5.41, 5.74) is 6.26. The van der Waals surface area contributed by atoms with Crippen molar-refractivity contribution in [1.29, 1.82) is 0 Å². The molecule has 0 saturated heterocycles. The molecule has 0 unspecified atom stereocenters. The van der Waals surface area contributed by atoms with Crippen LogP contribution in [0.2, 0.25) is 0 Å². The second-order valence-electron chi connectivity index (χ2n) is 7.96. The lowest BCUT2D eigenvalue weighted by atomic mass is 10.0. The Morgan fingerprint density at radius 1 is 1.10 bits per heavy atom. The number of pyridine rings is 1. The van der Waals surface area contributed by atoms with E-state index in [-0.39, 0.29) is 11.9 Å². The van der Waals surface area contributed by atoms with Gasteiger partial charge in [0, 0.05) is 34.9 Å². The lowest BCUT2D eigenvalue weighted by Crippen LogP contribution is -2.43. The number of nitrogens with zero attached hydrogens (tertiary/aromatic N) is 1. The number of rotatable bonds is 6. The molecule has 2 atom stereocenters.